The molecule has 0 bridgehead atoms. The molecule has 2 aliphatic heterocycles. The third-order valence-corrected chi connectivity index (χ3v) is 6.19. The Labute approximate surface area is 167 Å². The lowest BCUT2D eigenvalue weighted by Crippen LogP contribution is -2.30. The van der Waals surface area contributed by atoms with Crippen LogP contribution in [0.2, 0.25) is 12.6 Å². The number of nitrogens with zero attached hydrogens (tertiary/aromatic N) is 3. The number of nitrogens with two attached hydrogens (primary N) is 2. The normalized spacial score (nSPS) is 22.0. The first-order chi connectivity index (χ1) is 13.5. The molecule has 4 N–H and O–H groups in total. The average molecular weight is 371 g/mol. The van der Waals surface area contributed by atoms with Crippen molar-refractivity contribution in [2.45, 2.75) is 51.7 Å². The van der Waals surface area contributed by atoms with Gasteiger partial charge in [-0.15, -0.1) is 0 Å². The molecule has 0 saturated carbocycles. The van der Waals surface area contributed by atoms with Gasteiger partial charge in [0, 0.05) is 23.7 Å². The summed E-state index contributed by atoms with van der Waals surface area (Å²) in [6.07, 6.45) is 5.81. The summed E-state index contributed by atoms with van der Waals surface area (Å²) < 4.78 is 0. The van der Waals surface area contributed by atoms with Crippen LogP contribution in [0.4, 0.5) is 0 Å². The summed E-state index contributed by atoms with van der Waals surface area (Å²) >= 11 is 0. The Morgan fingerprint density at radius 2 is 2.00 bits per heavy atom. The van der Waals surface area contributed by atoms with Crippen LogP contribution in [0.5, 0.6) is 0 Å². The van der Waals surface area contributed by atoms with Gasteiger partial charge >= 0.3 is 0 Å². The number of allylic oxidation sites excluding steroid dienone is 2. The van der Waals surface area contributed by atoms with Crippen molar-refractivity contribution in [2.75, 3.05) is 0 Å². The summed E-state index contributed by atoms with van der Waals surface area (Å²) in [7, 11) is 0. The van der Waals surface area contributed by atoms with Gasteiger partial charge in [-0.1, -0.05) is 50.6 Å². The third kappa shape index (κ3) is 3.43. The molecule has 5 nitrogen and oxygen atoms in total. The third-order valence-electron chi connectivity index (χ3n) is 6.19. The highest BCUT2D eigenvalue weighted by atomic mass is 14.9. The van der Waals surface area contributed by atoms with E-state index >= 15 is 0 Å². The number of aryl methyl sites for hydroxylation is 1. The van der Waals surface area contributed by atoms with Crippen LogP contribution in [0.25, 0.3) is 0 Å². The van der Waals surface area contributed by atoms with E-state index in [0.717, 1.165) is 43.2 Å². The molecule has 0 radical (unpaired) electrons. The smallest absolute Gasteiger partial charge is 0.267 e. The molecule has 1 aromatic carbocycles. The van der Waals surface area contributed by atoms with Gasteiger partial charge in [0.25, 0.3) is 6.71 Å². The molecule has 3 rings (SSSR count). The van der Waals surface area contributed by atoms with Gasteiger partial charge in [0.1, 0.15) is 5.84 Å². The van der Waals surface area contributed by atoms with Gasteiger partial charge in [0.15, 0.2) is 0 Å². The van der Waals surface area contributed by atoms with E-state index in [0.29, 0.717) is 17.0 Å². The van der Waals surface area contributed by atoms with Crippen LogP contribution in [0.15, 0.2) is 46.2 Å². The van der Waals surface area contributed by atoms with E-state index in [1.807, 2.05) is 6.07 Å². The van der Waals surface area contributed by atoms with Crippen LogP contribution >= 0.6 is 0 Å². The topological polar surface area (TPSA) is 112 Å². The monoisotopic (exact) mass is 371 g/mol. The molecule has 1 unspecified atom stereocenters. The van der Waals surface area contributed by atoms with E-state index in [1.54, 1.807) is 0 Å². The minimum Gasteiger partial charge on any atom is -0.404 e. The van der Waals surface area contributed by atoms with Crippen LogP contribution in [-0.4, -0.2) is 12.5 Å². The van der Waals surface area contributed by atoms with Crippen molar-refractivity contribution in [3.63, 3.8) is 0 Å². The van der Waals surface area contributed by atoms with Crippen LogP contribution in [0.1, 0.15) is 42.4 Å². The van der Waals surface area contributed by atoms with E-state index in [4.69, 9.17) is 11.5 Å². The molecule has 1 aromatic rings. The summed E-state index contributed by atoms with van der Waals surface area (Å²) in [5, 5.41) is 19.3. The number of amidine groups is 1. The predicted octanol–water partition coefficient (Wildman–Crippen LogP) is 3.60. The minimum absolute atomic E-state index is 0.103. The Bertz CT molecular complexity index is 937. The molecule has 0 amide bonds. The number of nitriles is 2. The number of aliphatic imine (C=N–C) groups is 1. The van der Waals surface area contributed by atoms with Crippen molar-refractivity contribution >= 4 is 12.5 Å². The Morgan fingerprint density at radius 1 is 1.29 bits per heavy atom. The lowest BCUT2D eigenvalue weighted by molar-refractivity contribution is 0.533. The second-order valence-corrected chi connectivity index (χ2v) is 7.63. The quantitative estimate of drug-likeness (QED) is 0.791. The Hall–Kier alpha value is -2.99. The van der Waals surface area contributed by atoms with Crippen LogP contribution < -0.4 is 11.5 Å². The number of benzene rings is 1. The zero-order valence-electron chi connectivity index (χ0n) is 16.6. The fourth-order valence-corrected chi connectivity index (χ4v) is 4.54. The van der Waals surface area contributed by atoms with E-state index in [2.05, 4.69) is 43.0 Å². The molecule has 2 heterocycles. The molecule has 2 aliphatic rings. The summed E-state index contributed by atoms with van der Waals surface area (Å²) in [5.41, 5.74) is 17.9. The van der Waals surface area contributed by atoms with Crippen molar-refractivity contribution in [3.8, 4) is 12.0 Å². The second kappa shape index (κ2) is 8.36. The largest absolute Gasteiger partial charge is 0.404 e. The second-order valence-electron chi connectivity index (χ2n) is 7.63. The van der Waals surface area contributed by atoms with Crippen molar-refractivity contribution in [1.29, 1.82) is 10.5 Å². The molecule has 0 aliphatic carbocycles. The number of hydrogen-bond donors (Lipinski definition) is 2. The van der Waals surface area contributed by atoms with E-state index in [-0.39, 0.29) is 18.5 Å². The number of hydrogen-bond acceptors (Lipinski definition) is 5. The van der Waals surface area contributed by atoms with Gasteiger partial charge in [-0.3, -0.25) is 0 Å². The fraction of sp³-hybridized carbons (Fsp3) is 0.409. The maximum Gasteiger partial charge on any atom is 0.267 e. The first kappa shape index (κ1) is 19.8. The summed E-state index contributed by atoms with van der Waals surface area (Å²) in [6, 6.07) is 8.64. The van der Waals surface area contributed by atoms with Gasteiger partial charge in [0.2, 0.25) is 0 Å². The van der Waals surface area contributed by atoms with Crippen LogP contribution in [0, 0.1) is 35.4 Å². The standard InChI is InChI=1S/C22H26BN5/c1-3-15-5-4-6-17(14(15)2)20-18(11-24)21(28-22(27)19(20)12-25)16-7-9-23(13-26)10-8-16/h4-6,12,16,20H,3,7-10,25H2,1-2H3,(H2,27,28)/b19-12-. The Kier molecular flexibility index (Phi) is 5.90. The molecule has 1 atom stereocenters. The lowest BCUT2D eigenvalue weighted by atomic mass is 9.41. The predicted molar refractivity (Wildman–Crippen MR) is 114 cm³/mol. The molecule has 0 aromatic heterocycles. The van der Waals surface area contributed by atoms with Crippen molar-refractivity contribution in [3.05, 3.63) is 57.9 Å². The highest BCUT2D eigenvalue weighted by Crippen LogP contribution is 2.43. The van der Waals surface area contributed by atoms with E-state index in [1.165, 1.54) is 17.3 Å². The van der Waals surface area contributed by atoms with Crippen molar-refractivity contribution in [2.24, 2.45) is 22.4 Å². The highest BCUT2D eigenvalue weighted by molar-refractivity contribution is 6.67. The number of rotatable bonds is 3. The fourth-order valence-electron chi connectivity index (χ4n) is 4.54. The molecule has 0 spiro atoms. The van der Waals surface area contributed by atoms with E-state index < -0.39 is 0 Å². The molecule has 6 heteroatoms. The summed E-state index contributed by atoms with van der Waals surface area (Å²) in [6.45, 7) is 4.32. The van der Waals surface area contributed by atoms with Crippen molar-refractivity contribution < 1.29 is 0 Å². The van der Waals surface area contributed by atoms with Gasteiger partial charge < -0.3 is 11.5 Å². The van der Waals surface area contributed by atoms with Crippen LogP contribution in [-0.2, 0) is 6.42 Å². The summed E-state index contributed by atoms with van der Waals surface area (Å²) in [5.74, 6) is 2.63. The SMILES string of the molecule is CCc1cccc(C2C(C#N)=C(C3CCB(C#N)CC3)N=C(N)/C2=C\N)c1C. The first-order valence-corrected chi connectivity index (χ1v) is 9.94. The van der Waals surface area contributed by atoms with E-state index in [9.17, 15) is 10.5 Å². The van der Waals surface area contributed by atoms with Gasteiger partial charge in [0.05, 0.1) is 23.3 Å². The highest BCUT2D eigenvalue weighted by Gasteiger charge is 2.36. The molecule has 28 heavy (non-hydrogen) atoms. The summed E-state index contributed by atoms with van der Waals surface area (Å²) in [4.78, 5) is 4.63. The maximum absolute atomic E-state index is 10.1. The van der Waals surface area contributed by atoms with Crippen molar-refractivity contribution in [1.82, 2.24) is 0 Å². The van der Waals surface area contributed by atoms with Crippen LogP contribution in [0.3, 0.4) is 0 Å². The first-order valence-electron chi connectivity index (χ1n) is 9.94. The zero-order chi connectivity index (χ0) is 20.3. The Balaban J connectivity index is 2.12. The van der Waals surface area contributed by atoms with Gasteiger partial charge in [-0.2, -0.15) is 5.26 Å². The Morgan fingerprint density at radius 3 is 2.57 bits per heavy atom. The molecule has 1 fully saturated rings. The zero-order valence-corrected chi connectivity index (χ0v) is 16.6. The molecule has 1 saturated heterocycles. The average Bonchev–Trinajstić information content (AvgIpc) is 2.73. The molecular weight excluding hydrogens is 345 g/mol. The van der Waals surface area contributed by atoms with Gasteiger partial charge in [-0.05, 0) is 30.0 Å². The maximum atomic E-state index is 10.1. The molecular formula is C22H26BN5. The van der Waals surface area contributed by atoms with Gasteiger partial charge in [-0.25, -0.2) is 10.3 Å². The minimum atomic E-state index is -0.289. The molecule has 142 valence electrons. The lowest BCUT2D eigenvalue weighted by Gasteiger charge is -2.32.